The molecule has 0 aliphatic heterocycles. The minimum absolute atomic E-state index is 0.0555. The van der Waals surface area contributed by atoms with Crippen molar-refractivity contribution < 1.29 is 23.8 Å². The van der Waals surface area contributed by atoms with Crippen LogP contribution in [0, 0.1) is 0 Å². The highest BCUT2D eigenvalue weighted by atomic mass is 16.6. The van der Waals surface area contributed by atoms with Gasteiger partial charge in [0.15, 0.2) is 6.10 Å². The molecule has 0 aromatic heterocycles. The van der Waals surface area contributed by atoms with Crippen molar-refractivity contribution in [3.63, 3.8) is 0 Å². The fraction of sp³-hybridized carbons (Fsp3) is 0.639. The normalized spacial score (nSPS) is 13.2. The third kappa shape index (κ3) is 52.9. The molecule has 0 fully saturated rings. The number of hydrogen-bond donors (Lipinski definition) is 0. The van der Waals surface area contributed by atoms with E-state index in [1.165, 1.54) is 51.4 Å². The summed E-state index contributed by atoms with van der Waals surface area (Å²) >= 11 is 0. The van der Waals surface area contributed by atoms with E-state index in [0.717, 1.165) is 141 Å². The van der Waals surface area contributed by atoms with Crippen LogP contribution in [0.25, 0.3) is 0 Å². The van der Waals surface area contributed by atoms with E-state index in [4.69, 9.17) is 14.2 Å². The Morgan fingerprint density at radius 1 is 0.333 bits per heavy atom. The molecule has 0 heterocycles. The molecule has 0 N–H and O–H groups in total. The molecule has 0 aliphatic rings. The second kappa shape index (κ2) is 55.6. The fourth-order valence-electron chi connectivity index (χ4n) is 7.06. The maximum atomic E-state index is 12.8. The monoisotopic (exact) mass is 913 g/mol. The van der Waals surface area contributed by atoms with Crippen molar-refractivity contribution in [2.45, 2.75) is 232 Å². The van der Waals surface area contributed by atoms with Gasteiger partial charge in [0, 0.05) is 19.4 Å². The van der Waals surface area contributed by atoms with Crippen LogP contribution in [-0.4, -0.2) is 37.9 Å². The third-order valence-corrected chi connectivity index (χ3v) is 11.0. The van der Waals surface area contributed by atoms with Gasteiger partial charge in [-0.15, -0.1) is 0 Å². The average molecular weight is 913 g/mol. The summed E-state index contributed by atoms with van der Waals surface area (Å²) in [5.74, 6) is -0.444. The van der Waals surface area contributed by atoms with E-state index in [-0.39, 0.29) is 25.2 Å². The van der Waals surface area contributed by atoms with Crippen molar-refractivity contribution >= 4 is 11.9 Å². The number of ether oxygens (including phenoxy) is 3. The molecule has 0 aromatic carbocycles. The van der Waals surface area contributed by atoms with Crippen LogP contribution in [-0.2, 0) is 23.8 Å². The predicted octanol–water partition coefficient (Wildman–Crippen LogP) is 18.6. The zero-order valence-corrected chi connectivity index (χ0v) is 42.9. The van der Waals surface area contributed by atoms with Crippen LogP contribution in [0.3, 0.4) is 0 Å². The van der Waals surface area contributed by atoms with E-state index in [9.17, 15) is 9.59 Å². The molecule has 5 nitrogen and oxygen atoms in total. The van der Waals surface area contributed by atoms with Crippen molar-refractivity contribution in [3.8, 4) is 0 Å². The molecule has 0 radical (unpaired) electrons. The summed E-state index contributed by atoms with van der Waals surface area (Å²) in [6.45, 7) is 7.40. The molecule has 0 amide bonds. The number of hydrogen-bond acceptors (Lipinski definition) is 5. The molecule has 0 aliphatic carbocycles. The standard InChI is InChI=1S/C61H100O5/c1-4-7-10-13-16-19-22-25-28-31-33-36-39-42-45-48-51-54-60(62)65-58-59(57-64-56-53-50-47-44-41-38-35-30-27-24-21-18-15-12-9-6-3)66-61(63)55-52-49-46-43-40-37-34-32-29-26-23-20-17-14-11-8-5-2/h7-12,16-21,25-30,38,41,59H,4-6,13-15,22-24,31-37,39-40,42-58H2,1-3H3/b10-7-,11-8-,12-9-,19-16-,20-17-,21-18-,28-25-,29-26-,30-27-,41-38-. The summed E-state index contributed by atoms with van der Waals surface area (Å²) in [6.07, 6.45) is 77.8. The maximum Gasteiger partial charge on any atom is 0.306 e. The van der Waals surface area contributed by atoms with Crippen LogP contribution < -0.4 is 0 Å². The predicted molar refractivity (Wildman–Crippen MR) is 288 cm³/mol. The Morgan fingerprint density at radius 2 is 0.636 bits per heavy atom. The molecular formula is C61H100O5. The van der Waals surface area contributed by atoms with E-state index in [1.54, 1.807) is 0 Å². The highest BCUT2D eigenvalue weighted by molar-refractivity contribution is 5.70. The molecule has 0 rings (SSSR count). The zero-order valence-electron chi connectivity index (χ0n) is 42.9. The first-order valence-corrected chi connectivity index (χ1v) is 27.1. The zero-order chi connectivity index (χ0) is 47.7. The topological polar surface area (TPSA) is 61.8 Å². The minimum atomic E-state index is -0.571. The fourth-order valence-corrected chi connectivity index (χ4v) is 7.06. The Bertz CT molecular complexity index is 1350. The van der Waals surface area contributed by atoms with Crippen molar-refractivity contribution in [2.24, 2.45) is 0 Å². The molecule has 66 heavy (non-hydrogen) atoms. The van der Waals surface area contributed by atoms with Gasteiger partial charge in [-0.05, 0) is 122 Å². The molecule has 374 valence electrons. The Labute approximate surface area is 407 Å². The second-order valence-electron chi connectivity index (χ2n) is 17.3. The van der Waals surface area contributed by atoms with Gasteiger partial charge in [-0.1, -0.05) is 213 Å². The number of carbonyl (C=O) groups is 2. The van der Waals surface area contributed by atoms with Crippen LogP contribution in [0.4, 0.5) is 0 Å². The van der Waals surface area contributed by atoms with E-state index in [1.807, 2.05) is 0 Å². The van der Waals surface area contributed by atoms with Gasteiger partial charge in [-0.25, -0.2) is 0 Å². The van der Waals surface area contributed by atoms with Gasteiger partial charge in [0.1, 0.15) is 6.61 Å². The Kier molecular flexibility index (Phi) is 52.5. The third-order valence-electron chi connectivity index (χ3n) is 11.0. The average Bonchev–Trinajstić information content (AvgIpc) is 3.32. The highest BCUT2D eigenvalue weighted by Crippen LogP contribution is 2.14. The number of esters is 2. The lowest BCUT2D eigenvalue weighted by molar-refractivity contribution is -0.163. The summed E-state index contributed by atoms with van der Waals surface area (Å²) in [7, 11) is 0. The van der Waals surface area contributed by atoms with Gasteiger partial charge in [-0.2, -0.15) is 0 Å². The summed E-state index contributed by atoms with van der Waals surface area (Å²) < 4.78 is 17.4. The summed E-state index contributed by atoms with van der Waals surface area (Å²) in [6, 6.07) is 0. The van der Waals surface area contributed by atoms with Crippen LogP contribution in [0.2, 0.25) is 0 Å². The molecule has 0 bridgehead atoms. The largest absolute Gasteiger partial charge is 0.462 e. The number of rotatable bonds is 48. The van der Waals surface area contributed by atoms with Crippen molar-refractivity contribution in [1.29, 1.82) is 0 Å². The first-order valence-electron chi connectivity index (χ1n) is 27.1. The van der Waals surface area contributed by atoms with E-state index >= 15 is 0 Å². The van der Waals surface area contributed by atoms with Gasteiger partial charge < -0.3 is 14.2 Å². The molecule has 0 aromatic rings. The van der Waals surface area contributed by atoms with Crippen molar-refractivity contribution in [1.82, 2.24) is 0 Å². The van der Waals surface area contributed by atoms with Gasteiger partial charge >= 0.3 is 11.9 Å². The highest BCUT2D eigenvalue weighted by Gasteiger charge is 2.17. The van der Waals surface area contributed by atoms with Crippen molar-refractivity contribution in [2.75, 3.05) is 19.8 Å². The molecule has 0 spiro atoms. The molecule has 1 unspecified atom stereocenters. The van der Waals surface area contributed by atoms with Gasteiger partial charge in [0.05, 0.1) is 6.61 Å². The van der Waals surface area contributed by atoms with Gasteiger partial charge in [-0.3, -0.25) is 9.59 Å². The van der Waals surface area contributed by atoms with Gasteiger partial charge in [0.2, 0.25) is 0 Å². The number of carbonyl (C=O) groups excluding carboxylic acids is 2. The van der Waals surface area contributed by atoms with E-state index in [2.05, 4.69) is 142 Å². The number of allylic oxidation sites excluding steroid dienone is 20. The Balaban J connectivity index is 4.39. The quantitative estimate of drug-likeness (QED) is 0.0346. The van der Waals surface area contributed by atoms with Crippen LogP contribution in [0.15, 0.2) is 122 Å². The Hall–Kier alpha value is -3.70. The van der Waals surface area contributed by atoms with Crippen LogP contribution >= 0.6 is 0 Å². The lowest BCUT2D eigenvalue weighted by Crippen LogP contribution is -2.30. The number of unbranched alkanes of at least 4 members (excludes halogenated alkanes) is 17. The molecular weight excluding hydrogens is 813 g/mol. The van der Waals surface area contributed by atoms with E-state index < -0.39 is 6.10 Å². The van der Waals surface area contributed by atoms with Crippen LogP contribution in [0.1, 0.15) is 226 Å². The maximum absolute atomic E-state index is 12.8. The SMILES string of the molecule is CC/C=C\C/C=C\C/C=C\C/C=C\CCCCCOCC(COC(=O)CCCCCCCCC/C=C\C/C=C\C/C=C\CC)OC(=O)CCCCCCCCC/C=C\C/C=C\C/C=C\CC. The van der Waals surface area contributed by atoms with Gasteiger partial charge in [0.25, 0.3) is 0 Å². The lowest BCUT2D eigenvalue weighted by Gasteiger charge is -2.18. The first kappa shape index (κ1) is 62.3. The minimum Gasteiger partial charge on any atom is -0.462 e. The first-order chi connectivity index (χ1) is 32.6. The molecule has 0 saturated heterocycles. The Morgan fingerprint density at radius 3 is 1.02 bits per heavy atom. The van der Waals surface area contributed by atoms with Crippen LogP contribution in [0.5, 0.6) is 0 Å². The lowest BCUT2D eigenvalue weighted by atomic mass is 10.1. The summed E-state index contributed by atoms with van der Waals surface area (Å²) in [5.41, 5.74) is 0. The smallest absolute Gasteiger partial charge is 0.306 e. The summed E-state index contributed by atoms with van der Waals surface area (Å²) in [5, 5.41) is 0. The summed E-state index contributed by atoms with van der Waals surface area (Å²) in [4.78, 5) is 25.5. The molecule has 1 atom stereocenters. The molecule has 5 heteroatoms. The van der Waals surface area contributed by atoms with Crippen molar-refractivity contribution in [3.05, 3.63) is 122 Å². The molecule has 0 saturated carbocycles. The van der Waals surface area contributed by atoms with E-state index in [0.29, 0.717) is 19.4 Å². The second-order valence-corrected chi connectivity index (χ2v) is 17.3.